The number of ether oxygens (including phenoxy) is 5. The summed E-state index contributed by atoms with van der Waals surface area (Å²) in [6, 6.07) is 12.0. The van der Waals surface area contributed by atoms with Gasteiger partial charge >= 0.3 is 36.1 Å². The number of alkyl carbamates (subject to hydrolysis) is 2. The number of carbonyl (C=O) groups excluding carboxylic acids is 7. The van der Waals surface area contributed by atoms with E-state index in [4.69, 9.17) is 23.7 Å². The Morgan fingerprint density at radius 3 is 1.65 bits per heavy atom. The lowest BCUT2D eigenvalue weighted by molar-refractivity contribution is -0.167. The summed E-state index contributed by atoms with van der Waals surface area (Å²) in [6.45, 7) is 17.4. The molecule has 0 fully saturated rings. The van der Waals surface area contributed by atoms with E-state index in [-0.39, 0.29) is 31.9 Å². The molecule has 0 radical (unpaired) electrons. The Balaban J connectivity index is 1.70. The summed E-state index contributed by atoms with van der Waals surface area (Å²) in [5, 5.41) is 19.4. The number of fused-ring (bicyclic) bond motifs is 3. The molecule has 358 valence electrons. The second-order valence-corrected chi connectivity index (χ2v) is 18.0. The van der Waals surface area contributed by atoms with E-state index in [0.717, 1.165) is 29.2 Å². The summed E-state index contributed by atoms with van der Waals surface area (Å²) >= 11 is 0. The van der Waals surface area contributed by atoms with Crippen molar-refractivity contribution in [3.05, 3.63) is 59.7 Å². The second kappa shape index (κ2) is 24.2. The lowest BCUT2D eigenvalue weighted by Crippen LogP contribution is -2.53. The summed E-state index contributed by atoms with van der Waals surface area (Å²) in [6.07, 6.45) is -5.43. The van der Waals surface area contributed by atoms with Crippen LogP contribution in [0.5, 0.6) is 0 Å². The predicted octanol–water partition coefficient (Wildman–Crippen LogP) is 5.39. The summed E-state index contributed by atoms with van der Waals surface area (Å²) in [5.74, 6) is -7.90. The fourth-order valence-electron chi connectivity index (χ4n) is 6.82. The zero-order valence-electron chi connectivity index (χ0n) is 39.2. The van der Waals surface area contributed by atoms with E-state index in [1.807, 2.05) is 48.5 Å². The van der Waals surface area contributed by atoms with Crippen LogP contribution in [0.4, 0.5) is 9.59 Å². The Labute approximate surface area is 380 Å². The van der Waals surface area contributed by atoms with Crippen LogP contribution in [-0.2, 0) is 52.5 Å². The highest BCUT2D eigenvalue weighted by Crippen LogP contribution is 2.44. The van der Waals surface area contributed by atoms with Crippen LogP contribution in [0.15, 0.2) is 48.5 Å². The Morgan fingerprint density at radius 1 is 0.615 bits per heavy atom. The first-order chi connectivity index (χ1) is 30.4. The van der Waals surface area contributed by atoms with E-state index in [1.54, 1.807) is 62.3 Å². The molecule has 18 heteroatoms. The monoisotopic (exact) mass is 910 g/mol. The summed E-state index contributed by atoms with van der Waals surface area (Å²) in [5.41, 5.74) is 3.46. The van der Waals surface area contributed by atoms with Crippen LogP contribution in [0.25, 0.3) is 11.1 Å². The lowest BCUT2D eigenvalue weighted by atomic mass is 9.98. The number of amides is 4. The molecule has 6 unspecified atom stereocenters. The number of unbranched alkanes of at least 4 members (excludes halogenated alkanes) is 1. The molecular formula is C47H66N4O14. The van der Waals surface area contributed by atoms with Crippen molar-refractivity contribution in [2.45, 2.75) is 143 Å². The molecule has 65 heavy (non-hydrogen) atoms. The van der Waals surface area contributed by atoms with E-state index in [1.165, 1.54) is 6.92 Å². The molecule has 1 aliphatic carbocycles. The van der Waals surface area contributed by atoms with Gasteiger partial charge in [-0.05, 0) is 93.9 Å². The maximum atomic E-state index is 13.9. The molecule has 1 aliphatic rings. The number of hydrogen-bond acceptors (Lipinski definition) is 13. The fraction of sp³-hybridized carbons (Fsp3) is 0.574. The number of carboxylic acids is 1. The molecule has 0 saturated heterocycles. The third kappa shape index (κ3) is 16.1. The van der Waals surface area contributed by atoms with Crippen molar-refractivity contribution in [2.75, 3.05) is 13.2 Å². The molecule has 0 aromatic heterocycles. The number of nitrogens with one attached hydrogen (secondary N) is 4. The molecular weight excluding hydrogens is 845 g/mol. The number of carbonyl (C=O) groups is 8. The highest BCUT2D eigenvalue weighted by Gasteiger charge is 2.37. The van der Waals surface area contributed by atoms with Crippen molar-refractivity contribution in [2.24, 2.45) is 17.8 Å². The van der Waals surface area contributed by atoms with Crippen LogP contribution in [0, 0.1) is 17.8 Å². The van der Waals surface area contributed by atoms with Gasteiger partial charge in [-0.3, -0.25) is 9.59 Å². The molecule has 0 saturated carbocycles. The van der Waals surface area contributed by atoms with Crippen LogP contribution in [-0.4, -0.2) is 108 Å². The Morgan fingerprint density at radius 2 is 1.14 bits per heavy atom. The van der Waals surface area contributed by atoms with Crippen molar-refractivity contribution in [3.8, 4) is 11.1 Å². The summed E-state index contributed by atoms with van der Waals surface area (Å²) in [7, 11) is 0. The minimum Gasteiger partial charge on any atom is -0.479 e. The quantitative estimate of drug-likeness (QED) is 0.0565. The SMILES string of the molecule is CC(OC(=O)C(NC(=O)C(OC(=O)C(CCCCNC(=O)OCC1c2ccccc2-c2ccccc21)NC(=O)C(C)OC(=O)C(NC(=O)OC(C)(C)C)C(C)C)C(C)C)C(C)C)C(=O)O. The van der Waals surface area contributed by atoms with Crippen molar-refractivity contribution in [1.29, 1.82) is 0 Å². The zero-order valence-corrected chi connectivity index (χ0v) is 39.2. The Kier molecular flexibility index (Phi) is 19.8. The standard InChI is InChI=1S/C47H66N4O14/c1-25(2)36(43(57)63-29(8)41(54)55)50-40(53)38(27(5)6)64-42(56)35(49-39(52)28(7)62-44(58)37(26(3)4)51-46(60)65-47(9,10)11)22-16-17-23-48-45(59)61-24-34-32-20-14-12-18-30(32)31-19-13-15-21-33(31)34/h12-15,18-21,25-29,34-38H,16-17,22-24H2,1-11H3,(H,48,59)(H,49,52)(H,50,53)(H,51,60)(H,54,55). The molecule has 0 heterocycles. The average molecular weight is 911 g/mol. The first kappa shape index (κ1) is 53.1. The molecule has 18 nitrogen and oxygen atoms in total. The van der Waals surface area contributed by atoms with E-state index >= 15 is 0 Å². The molecule has 0 spiro atoms. The molecule has 2 aromatic rings. The van der Waals surface area contributed by atoms with Gasteiger partial charge in [0.25, 0.3) is 11.8 Å². The number of benzene rings is 2. The minimum atomic E-state index is -1.49. The van der Waals surface area contributed by atoms with Gasteiger partial charge in [-0.1, -0.05) is 90.1 Å². The zero-order chi connectivity index (χ0) is 48.8. The highest BCUT2D eigenvalue weighted by atomic mass is 16.6. The van der Waals surface area contributed by atoms with Crippen molar-refractivity contribution < 1.29 is 67.1 Å². The molecule has 0 aliphatic heterocycles. The van der Waals surface area contributed by atoms with Crippen molar-refractivity contribution in [1.82, 2.24) is 21.3 Å². The second-order valence-electron chi connectivity index (χ2n) is 18.0. The maximum Gasteiger partial charge on any atom is 0.408 e. The number of aliphatic carboxylic acids is 1. The summed E-state index contributed by atoms with van der Waals surface area (Å²) < 4.78 is 27.0. The third-order valence-corrected chi connectivity index (χ3v) is 10.4. The number of esters is 3. The first-order valence-electron chi connectivity index (χ1n) is 21.9. The third-order valence-electron chi connectivity index (χ3n) is 10.4. The van der Waals surface area contributed by atoms with E-state index in [9.17, 15) is 43.5 Å². The van der Waals surface area contributed by atoms with Gasteiger partial charge in [-0.15, -0.1) is 0 Å². The minimum absolute atomic E-state index is 0.0487. The van der Waals surface area contributed by atoms with Crippen LogP contribution in [0.2, 0.25) is 0 Å². The van der Waals surface area contributed by atoms with Gasteiger partial charge in [0.15, 0.2) is 18.3 Å². The van der Waals surface area contributed by atoms with Gasteiger partial charge in [0.1, 0.15) is 30.3 Å². The van der Waals surface area contributed by atoms with Crippen LogP contribution in [0.3, 0.4) is 0 Å². The largest absolute Gasteiger partial charge is 0.479 e. The van der Waals surface area contributed by atoms with Crippen LogP contribution < -0.4 is 21.3 Å². The maximum absolute atomic E-state index is 13.9. The Bertz CT molecular complexity index is 1970. The van der Waals surface area contributed by atoms with E-state index in [2.05, 4.69) is 21.3 Å². The number of carboxylic acid groups (broad SMARTS) is 1. The van der Waals surface area contributed by atoms with E-state index < -0.39 is 108 Å². The number of hydrogen-bond donors (Lipinski definition) is 5. The van der Waals surface area contributed by atoms with Crippen LogP contribution >= 0.6 is 0 Å². The normalized spacial score (nSPS) is 14.9. The van der Waals surface area contributed by atoms with Gasteiger partial charge in [0.05, 0.1) is 0 Å². The average Bonchev–Trinajstić information content (AvgIpc) is 3.54. The van der Waals surface area contributed by atoms with Crippen molar-refractivity contribution >= 4 is 47.9 Å². The number of rotatable bonds is 22. The Hall–Kier alpha value is -6.20. The molecule has 3 rings (SSSR count). The van der Waals surface area contributed by atoms with Gasteiger partial charge in [0, 0.05) is 12.5 Å². The van der Waals surface area contributed by atoms with Gasteiger partial charge in [0.2, 0.25) is 0 Å². The van der Waals surface area contributed by atoms with Gasteiger partial charge < -0.3 is 50.1 Å². The van der Waals surface area contributed by atoms with Gasteiger partial charge in [-0.25, -0.2) is 28.8 Å². The fourth-order valence-corrected chi connectivity index (χ4v) is 6.82. The highest BCUT2D eigenvalue weighted by molar-refractivity contribution is 5.92. The lowest BCUT2D eigenvalue weighted by Gasteiger charge is -2.28. The van der Waals surface area contributed by atoms with E-state index in [0.29, 0.717) is 6.42 Å². The smallest absolute Gasteiger partial charge is 0.408 e. The topological polar surface area (TPSA) is 251 Å². The predicted molar refractivity (Wildman–Crippen MR) is 237 cm³/mol. The van der Waals surface area contributed by atoms with Gasteiger partial charge in [-0.2, -0.15) is 0 Å². The van der Waals surface area contributed by atoms with Crippen molar-refractivity contribution in [3.63, 3.8) is 0 Å². The first-order valence-corrected chi connectivity index (χ1v) is 21.9. The molecule has 6 atom stereocenters. The van der Waals surface area contributed by atoms with Crippen LogP contribution in [0.1, 0.15) is 112 Å². The summed E-state index contributed by atoms with van der Waals surface area (Å²) in [4.78, 5) is 104. The molecule has 2 aromatic carbocycles. The molecule has 0 bridgehead atoms. The molecule has 5 N–H and O–H groups in total. The molecule has 4 amide bonds.